The zero-order valence-corrected chi connectivity index (χ0v) is 16.0. The van der Waals surface area contributed by atoms with Gasteiger partial charge in [-0.05, 0) is 23.6 Å². The third-order valence-corrected chi connectivity index (χ3v) is 6.73. The summed E-state index contributed by atoms with van der Waals surface area (Å²) in [6, 6.07) is 11.1. The van der Waals surface area contributed by atoms with Crippen LogP contribution in [0.1, 0.15) is 0 Å². The van der Waals surface area contributed by atoms with Gasteiger partial charge >= 0.3 is 5.69 Å². The molecule has 1 aromatic carbocycles. The number of rotatable bonds is 2. The second-order valence-corrected chi connectivity index (χ2v) is 8.28. The van der Waals surface area contributed by atoms with Crippen LogP contribution in [0, 0.1) is 0 Å². The Balaban J connectivity index is 1.81. The Labute approximate surface area is 165 Å². The van der Waals surface area contributed by atoms with E-state index in [4.69, 9.17) is 11.6 Å². The maximum Gasteiger partial charge on any atom is 0.333 e. The molecule has 0 atom stereocenters. The van der Waals surface area contributed by atoms with Gasteiger partial charge in [0, 0.05) is 27.0 Å². The number of halogens is 1. The van der Waals surface area contributed by atoms with E-state index in [-0.39, 0.29) is 5.56 Å². The number of aromatic nitrogens is 3. The number of nitrogens with one attached hydrogen (secondary N) is 1. The summed E-state index contributed by atoms with van der Waals surface area (Å²) in [4.78, 5) is 33.6. The average Bonchev–Trinajstić information content (AvgIpc) is 3.29. The highest BCUT2D eigenvalue weighted by molar-refractivity contribution is 7.22. The van der Waals surface area contributed by atoms with Crippen LogP contribution in [0.5, 0.6) is 0 Å². The van der Waals surface area contributed by atoms with Crippen LogP contribution in [0.3, 0.4) is 0 Å². The Morgan fingerprint density at radius 3 is 2.78 bits per heavy atom. The van der Waals surface area contributed by atoms with Crippen molar-refractivity contribution in [3.8, 4) is 16.1 Å². The Bertz CT molecular complexity index is 1440. The first-order valence-corrected chi connectivity index (χ1v) is 10.1. The van der Waals surface area contributed by atoms with Crippen molar-refractivity contribution in [3.05, 3.63) is 80.0 Å². The monoisotopic (exact) mass is 411 g/mol. The minimum absolute atomic E-state index is 0.361. The number of aromatic amines is 1. The molecule has 8 heteroatoms. The number of hydrogen-bond acceptors (Lipinski definition) is 5. The molecule has 1 N–H and O–H groups in total. The molecule has 27 heavy (non-hydrogen) atoms. The van der Waals surface area contributed by atoms with Crippen molar-refractivity contribution >= 4 is 54.6 Å². The summed E-state index contributed by atoms with van der Waals surface area (Å²) in [5, 5.41) is 3.40. The van der Waals surface area contributed by atoms with Gasteiger partial charge in [-0.25, -0.2) is 9.36 Å². The normalized spacial score (nSPS) is 11.4. The third kappa shape index (κ3) is 2.55. The lowest BCUT2D eigenvalue weighted by molar-refractivity contribution is 0.907. The highest BCUT2D eigenvalue weighted by Crippen LogP contribution is 2.35. The minimum atomic E-state index is -0.487. The summed E-state index contributed by atoms with van der Waals surface area (Å²) < 4.78 is 2.47. The van der Waals surface area contributed by atoms with Crippen LogP contribution >= 0.6 is 34.3 Å². The van der Waals surface area contributed by atoms with Gasteiger partial charge < -0.3 is 4.98 Å². The van der Waals surface area contributed by atoms with Crippen molar-refractivity contribution in [2.24, 2.45) is 0 Å². The first kappa shape index (κ1) is 16.4. The molecular weight excluding hydrogens is 402 g/mol. The Morgan fingerprint density at radius 2 is 1.93 bits per heavy atom. The summed E-state index contributed by atoms with van der Waals surface area (Å²) in [6.07, 6.45) is 3.26. The summed E-state index contributed by atoms with van der Waals surface area (Å²) in [7, 11) is 0. The quantitative estimate of drug-likeness (QED) is 0.459. The number of thiophene rings is 2. The fourth-order valence-electron chi connectivity index (χ4n) is 3.06. The van der Waals surface area contributed by atoms with Crippen LogP contribution in [0.15, 0.2) is 63.8 Å². The molecule has 0 unspecified atom stereocenters. The fraction of sp³-hybridized carbons (Fsp3) is 0. The average molecular weight is 412 g/mol. The molecule has 5 rings (SSSR count). The molecule has 0 amide bonds. The van der Waals surface area contributed by atoms with E-state index in [2.05, 4.69) is 9.97 Å². The molecule has 0 aliphatic rings. The fourth-order valence-corrected chi connectivity index (χ4v) is 5.30. The highest BCUT2D eigenvalue weighted by Gasteiger charge is 2.16. The second-order valence-electron chi connectivity index (χ2n) is 5.90. The molecule has 0 aliphatic heterocycles. The Hall–Kier alpha value is -2.74. The number of pyridine rings is 1. The van der Waals surface area contributed by atoms with Gasteiger partial charge in [0.25, 0.3) is 5.56 Å². The molecule has 0 saturated carbocycles. The van der Waals surface area contributed by atoms with Gasteiger partial charge in [-0.1, -0.05) is 29.8 Å². The van der Waals surface area contributed by atoms with Crippen LogP contribution in [-0.2, 0) is 0 Å². The van der Waals surface area contributed by atoms with E-state index in [1.807, 2.05) is 29.6 Å². The van der Waals surface area contributed by atoms with Crippen molar-refractivity contribution in [3.63, 3.8) is 0 Å². The maximum atomic E-state index is 13.1. The second kappa shape index (κ2) is 6.16. The smallest absolute Gasteiger partial charge is 0.306 e. The van der Waals surface area contributed by atoms with Crippen molar-refractivity contribution in [2.75, 3.05) is 0 Å². The number of fused-ring (bicyclic) bond motifs is 2. The van der Waals surface area contributed by atoms with Gasteiger partial charge in [-0.15, -0.1) is 22.7 Å². The molecule has 0 saturated heterocycles. The molecule has 4 aromatic heterocycles. The molecule has 0 fully saturated rings. The van der Waals surface area contributed by atoms with E-state index in [1.54, 1.807) is 24.5 Å². The van der Waals surface area contributed by atoms with Crippen LogP contribution in [0.2, 0.25) is 5.02 Å². The van der Waals surface area contributed by atoms with E-state index in [1.165, 1.54) is 22.7 Å². The predicted octanol–water partition coefficient (Wildman–Crippen LogP) is 4.67. The SMILES string of the molecule is O=c1[nH]c2cc(-c3ccccc3Cl)sc2c(=O)n1-c1cncc2ccsc12. The summed E-state index contributed by atoms with van der Waals surface area (Å²) in [5.74, 6) is 0. The van der Waals surface area contributed by atoms with E-state index < -0.39 is 5.69 Å². The van der Waals surface area contributed by atoms with Crippen molar-refractivity contribution in [1.29, 1.82) is 0 Å². The standard InChI is InChI=1S/C19H10ClN3O2S2/c20-12-4-2-1-3-11(12)15-7-13-17(27-15)18(24)23(19(25)22-13)14-9-21-8-10-5-6-26-16(10)14/h1-9H,(H,22,25). The van der Waals surface area contributed by atoms with Gasteiger partial charge in [0.2, 0.25) is 0 Å². The number of benzene rings is 1. The summed E-state index contributed by atoms with van der Waals surface area (Å²) in [6.45, 7) is 0. The lowest BCUT2D eigenvalue weighted by Crippen LogP contribution is -2.33. The van der Waals surface area contributed by atoms with Gasteiger partial charge in [0.1, 0.15) is 4.70 Å². The Kier molecular flexibility index (Phi) is 3.75. The Morgan fingerprint density at radius 1 is 1.07 bits per heavy atom. The zero-order valence-electron chi connectivity index (χ0n) is 13.6. The van der Waals surface area contributed by atoms with E-state index in [0.29, 0.717) is 20.9 Å². The van der Waals surface area contributed by atoms with Crippen molar-refractivity contribution in [1.82, 2.24) is 14.5 Å². The molecule has 0 bridgehead atoms. The molecule has 0 radical (unpaired) electrons. The minimum Gasteiger partial charge on any atom is -0.306 e. The first-order valence-electron chi connectivity index (χ1n) is 7.99. The number of H-pyrrole nitrogens is 1. The predicted molar refractivity (Wildman–Crippen MR) is 112 cm³/mol. The van der Waals surface area contributed by atoms with E-state index in [9.17, 15) is 9.59 Å². The highest BCUT2D eigenvalue weighted by atomic mass is 35.5. The number of nitrogens with zero attached hydrogens (tertiary/aromatic N) is 2. The van der Waals surface area contributed by atoms with E-state index >= 15 is 0 Å². The molecular formula is C19H10ClN3O2S2. The summed E-state index contributed by atoms with van der Waals surface area (Å²) in [5.41, 5.74) is 0.975. The van der Waals surface area contributed by atoms with Crippen LogP contribution in [0.25, 0.3) is 36.4 Å². The maximum absolute atomic E-state index is 13.1. The van der Waals surface area contributed by atoms with Gasteiger partial charge in [-0.2, -0.15) is 0 Å². The van der Waals surface area contributed by atoms with Crippen molar-refractivity contribution in [2.45, 2.75) is 0 Å². The molecule has 5 aromatic rings. The lowest BCUT2D eigenvalue weighted by atomic mass is 10.2. The number of hydrogen-bond donors (Lipinski definition) is 1. The lowest BCUT2D eigenvalue weighted by Gasteiger charge is -2.05. The molecule has 5 nitrogen and oxygen atoms in total. The van der Waals surface area contributed by atoms with Gasteiger partial charge in [-0.3, -0.25) is 9.78 Å². The van der Waals surface area contributed by atoms with Gasteiger partial charge in [0.05, 0.1) is 22.1 Å². The summed E-state index contributed by atoms with van der Waals surface area (Å²) >= 11 is 9.06. The topological polar surface area (TPSA) is 67.8 Å². The van der Waals surface area contributed by atoms with Crippen LogP contribution in [-0.4, -0.2) is 14.5 Å². The van der Waals surface area contributed by atoms with Crippen molar-refractivity contribution < 1.29 is 0 Å². The zero-order chi connectivity index (χ0) is 18.5. The first-order chi connectivity index (χ1) is 13.1. The molecule has 0 spiro atoms. The third-order valence-electron chi connectivity index (χ3n) is 4.29. The van der Waals surface area contributed by atoms with E-state index in [0.717, 1.165) is 25.1 Å². The molecule has 132 valence electrons. The van der Waals surface area contributed by atoms with Gasteiger partial charge in [0.15, 0.2) is 0 Å². The van der Waals surface area contributed by atoms with Crippen LogP contribution in [0.4, 0.5) is 0 Å². The molecule has 0 aliphatic carbocycles. The molecule has 4 heterocycles. The largest absolute Gasteiger partial charge is 0.333 e. The van der Waals surface area contributed by atoms with Crippen LogP contribution < -0.4 is 11.2 Å².